The van der Waals surface area contributed by atoms with E-state index in [2.05, 4.69) is 33.8 Å². The van der Waals surface area contributed by atoms with Gasteiger partial charge in [0.1, 0.15) is 22.7 Å². The highest BCUT2D eigenvalue weighted by Crippen LogP contribution is 2.31. The minimum atomic E-state index is -0.980. The zero-order valence-electron chi connectivity index (χ0n) is 33.3. The number of halogens is 1. The van der Waals surface area contributed by atoms with Crippen molar-refractivity contribution in [2.24, 2.45) is 0 Å². The maximum atomic E-state index is 11.5. The Morgan fingerprint density at radius 1 is 0.729 bits per heavy atom. The van der Waals surface area contributed by atoms with Crippen molar-refractivity contribution in [3.05, 3.63) is 114 Å². The Balaban J connectivity index is 0.000000160. The summed E-state index contributed by atoms with van der Waals surface area (Å²) in [6.45, 7) is 8.21. The van der Waals surface area contributed by atoms with Crippen molar-refractivity contribution in [2.45, 2.75) is 39.8 Å². The number of esters is 1. The summed E-state index contributed by atoms with van der Waals surface area (Å²) in [6, 6.07) is 17.7. The molecule has 0 saturated carbocycles. The number of ether oxygens (including phenoxy) is 1. The van der Waals surface area contributed by atoms with E-state index < -0.39 is 11.9 Å². The van der Waals surface area contributed by atoms with Crippen molar-refractivity contribution in [3.8, 4) is 17.0 Å². The zero-order valence-corrected chi connectivity index (χ0v) is 34.1. The molecule has 0 saturated heterocycles. The van der Waals surface area contributed by atoms with Crippen LogP contribution in [0.1, 0.15) is 48.4 Å². The van der Waals surface area contributed by atoms with Gasteiger partial charge in [0.15, 0.2) is 16.8 Å². The molecule has 6 heterocycles. The van der Waals surface area contributed by atoms with Crippen molar-refractivity contribution in [2.75, 3.05) is 31.0 Å². The number of carboxylic acids is 1. The molecule has 0 bridgehead atoms. The van der Waals surface area contributed by atoms with E-state index in [9.17, 15) is 14.7 Å². The first-order chi connectivity index (χ1) is 28.3. The van der Waals surface area contributed by atoms with E-state index in [4.69, 9.17) is 36.0 Å². The summed E-state index contributed by atoms with van der Waals surface area (Å²) in [5.74, 6) is 0.494. The molecule has 59 heavy (non-hydrogen) atoms. The van der Waals surface area contributed by atoms with Crippen LogP contribution in [0.2, 0.25) is 5.15 Å². The van der Waals surface area contributed by atoms with Gasteiger partial charge in [-0.05, 0) is 88.4 Å². The van der Waals surface area contributed by atoms with Gasteiger partial charge in [-0.15, -0.1) is 0 Å². The second-order valence-corrected chi connectivity index (χ2v) is 14.1. The third-order valence-corrected chi connectivity index (χ3v) is 9.60. The summed E-state index contributed by atoms with van der Waals surface area (Å²) < 4.78 is 13.2. The van der Waals surface area contributed by atoms with Crippen LogP contribution >= 0.6 is 11.6 Å². The van der Waals surface area contributed by atoms with Crippen molar-refractivity contribution in [1.29, 1.82) is 0 Å². The normalized spacial score (nSPS) is 11.0. The number of anilines is 2. The molecule has 8 rings (SSSR count). The van der Waals surface area contributed by atoms with Gasteiger partial charge in [-0.1, -0.05) is 11.6 Å². The number of pyridine rings is 2. The van der Waals surface area contributed by atoms with Gasteiger partial charge >= 0.3 is 19.6 Å². The van der Waals surface area contributed by atoms with Crippen LogP contribution in [0, 0.1) is 0 Å². The Hall–Kier alpha value is -6.85. The smallest absolute Gasteiger partial charge is 0.536 e. The van der Waals surface area contributed by atoms with Gasteiger partial charge in [0, 0.05) is 62.7 Å². The monoisotopic (exact) mass is 815 g/mol. The minimum Gasteiger partial charge on any atom is -0.536 e. The van der Waals surface area contributed by atoms with Gasteiger partial charge in [-0.2, -0.15) is 0 Å². The van der Waals surface area contributed by atoms with Gasteiger partial charge in [0.25, 0.3) is 0 Å². The van der Waals surface area contributed by atoms with E-state index in [1.54, 1.807) is 77.7 Å². The molecule has 8 aromatic rings. The number of carbonyl (C=O) groups is 2. The SMILES string of the molecule is CC(C)N(C)c1nc2cc(C(=O)O)ccc2nc1-c1ccc2nccn2c1.COC(=O)c1ccc2nc(Cl)c(N(C)C(C)C)nc2c1.O[B]Oc1ccc2nccn2c1. The van der Waals surface area contributed by atoms with Crippen molar-refractivity contribution in [3.63, 3.8) is 0 Å². The number of carboxylic acid groups (broad SMARTS) is 1. The van der Waals surface area contributed by atoms with Crippen molar-refractivity contribution in [1.82, 2.24) is 38.7 Å². The summed E-state index contributed by atoms with van der Waals surface area (Å²) in [4.78, 5) is 53.5. The maximum Gasteiger partial charge on any atom is 0.569 e. The lowest BCUT2D eigenvalue weighted by molar-refractivity contribution is 0.0600. The number of aromatic nitrogens is 8. The topological polar surface area (TPSA) is 186 Å². The van der Waals surface area contributed by atoms with Crippen LogP contribution in [0.3, 0.4) is 0 Å². The van der Waals surface area contributed by atoms with E-state index in [-0.39, 0.29) is 17.6 Å². The highest BCUT2D eigenvalue weighted by atomic mass is 35.5. The van der Waals surface area contributed by atoms with Crippen LogP contribution in [-0.4, -0.2) is 102 Å². The predicted octanol–water partition coefficient (Wildman–Crippen LogP) is 6.64. The number of rotatable bonds is 9. The molecule has 0 amide bonds. The summed E-state index contributed by atoms with van der Waals surface area (Å²) in [5, 5.41) is 18.0. The van der Waals surface area contributed by atoms with Crippen LogP contribution in [0.15, 0.2) is 97.8 Å². The number of methoxy groups -OCH3 is 1. The number of hydrogen-bond donors (Lipinski definition) is 2. The number of imidazole rings is 2. The molecule has 18 heteroatoms. The Labute approximate surface area is 345 Å². The number of hydrogen-bond acceptors (Lipinski definition) is 13. The number of fused-ring (bicyclic) bond motifs is 4. The molecule has 0 aliphatic carbocycles. The van der Waals surface area contributed by atoms with Crippen molar-refractivity contribution >= 4 is 76.2 Å². The third kappa shape index (κ3) is 9.48. The molecular weight excluding hydrogens is 775 g/mol. The Morgan fingerprint density at radius 2 is 1.29 bits per heavy atom. The van der Waals surface area contributed by atoms with Crippen LogP contribution in [0.4, 0.5) is 11.6 Å². The predicted molar refractivity (Wildman–Crippen MR) is 227 cm³/mol. The average Bonchev–Trinajstić information content (AvgIpc) is 3.91. The minimum absolute atomic E-state index is 0.197. The van der Waals surface area contributed by atoms with Crippen LogP contribution in [-0.2, 0) is 4.74 Å². The first kappa shape index (κ1) is 41.8. The van der Waals surface area contributed by atoms with E-state index in [1.165, 1.54) is 7.11 Å². The van der Waals surface area contributed by atoms with Crippen LogP contribution in [0.5, 0.6) is 5.75 Å². The molecule has 2 aromatic carbocycles. The summed E-state index contributed by atoms with van der Waals surface area (Å²) in [5.41, 5.74) is 6.47. The lowest BCUT2D eigenvalue weighted by atomic mass is 10.1. The molecule has 301 valence electrons. The molecule has 2 N–H and O–H groups in total. The molecule has 16 nitrogen and oxygen atoms in total. The number of benzene rings is 2. The molecule has 0 atom stereocenters. The summed E-state index contributed by atoms with van der Waals surface area (Å²) >= 11 is 6.16. The van der Waals surface area contributed by atoms with Crippen molar-refractivity contribution < 1.29 is 29.1 Å². The first-order valence-corrected chi connectivity index (χ1v) is 18.7. The maximum absolute atomic E-state index is 11.5. The molecule has 0 aliphatic heterocycles. The second kappa shape index (κ2) is 18.2. The number of nitrogens with zero attached hydrogens (tertiary/aromatic N) is 10. The fraction of sp³-hybridized carbons (Fsp3) is 0.220. The van der Waals surface area contributed by atoms with Crippen LogP contribution < -0.4 is 14.5 Å². The zero-order chi connectivity index (χ0) is 42.4. The van der Waals surface area contributed by atoms with E-state index >= 15 is 0 Å². The average molecular weight is 816 g/mol. The molecule has 0 aliphatic rings. The molecule has 0 spiro atoms. The fourth-order valence-electron chi connectivity index (χ4n) is 5.69. The van der Waals surface area contributed by atoms with Gasteiger partial charge in [0.2, 0.25) is 0 Å². The lowest BCUT2D eigenvalue weighted by Gasteiger charge is -2.25. The molecule has 6 aromatic heterocycles. The number of carbonyl (C=O) groups excluding carboxylic acids is 1. The Kier molecular flexibility index (Phi) is 12.9. The molecule has 1 radical (unpaired) electrons. The summed E-state index contributed by atoms with van der Waals surface area (Å²) in [6.07, 6.45) is 10.8. The van der Waals surface area contributed by atoms with Gasteiger partial charge < -0.3 is 38.1 Å². The molecule has 0 unspecified atom stereocenters. The highest BCUT2D eigenvalue weighted by Gasteiger charge is 2.19. The number of aromatic carboxylic acids is 1. The first-order valence-electron chi connectivity index (χ1n) is 18.3. The molecular formula is C41H41BClN10O6. The molecule has 0 fully saturated rings. The third-order valence-electron chi connectivity index (χ3n) is 9.35. The van der Waals surface area contributed by atoms with E-state index in [0.29, 0.717) is 57.9 Å². The quantitative estimate of drug-likeness (QED) is 0.117. The summed E-state index contributed by atoms with van der Waals surface area (Å²) in [7, 11) is 5.85. The Morgan fingerprint density at radius 3 is 1.90 bits per heavy atom. The Bertz CT molecular complexity index is 2780. The van der Waals surface area contributed by atoms with Crippen LogP contribution in [0.25, 0.3) is 44.6 Å². The second-order valence-electron chi connectivity index (χ2n) is 13.7. The van der Waals surface area contributed by atoms with Gasteiger partial charge in [-0.25, -0.2) is 39.5 Å². The van der Waals surface area contributed by atoms with E-state index in [1.807, 2.05) is 66.7 Å². The lowest BCUT2D eigenvalue weighted by Crippen LogP contribution is -2.27. The van der Waals surface area contributed by atoms with Gasteiger partial charge in [-0.3, -0.25) is 0 Å². The standard InChI is InChI=1S/C20H19N5O2.C14H16ClN3O2.C7H6BN2O2/c1-12(2)24(3)19-18(14-5-7-17-21-8-9-25(17)11-14)22-15-6-4-13(20(26)27)10-16(15)23-19;1-8(2)18(3)13-12(15)16-10-6-5-9(14(19)20-4)7-11(10)17-13;11-8-12-6-1-2-7-9-3-4-10(7)5-6/h4-12H,1-3H3,(H,26,27);5-8H,1-4H3;1-5,11H. The van der Waals surface area contributed by atoms with E-state index in [0.717, 1.165) is 22.6 Å². The highest BCUT2D eigenvalue weighted by molar-refractivity contribution is 6.32. The fourth-order valence-corrected chi connectivity index (χ4v) is 5.96. The van der Waals surface area contributed by atoms with Gasteiger partial charge in [0.05, 0.1) is 46.5 Å². The largest absolute Gasteiger partial charge is 0.569 e.